The lowest BCUT2D eigenvalue weighted by Crippen LogP contribution is -2.39. The first-order chi connectivity index (χ1) is 9.36. The molecule has 20 heavy (non-hydrogen) atoms. The Balaban J connectivity index is 1.83. The molecule has 0 unspecified atom stereocenters. The normalized spacial score (nSPS) is 18.4. The molecule has 0 bridgehead atoms. The average Bonchev–Trinajstić information content (AvgIpc) is 2.39. The summed E-state index contributed by atoms with van der Waals surface area (Å²) >= 11 is 3.36. The minimum atomic E-state index is -4.07. The average molecular weight is 354 g/mol. The van der Waals surface area contributed by atoms with Crippen molar-refractivity contribution in [3.63, 3.8) is 0 Å². The number of piperidine rings is 1. The summed E-state index contributed by atoms with van der Waals surface area (Å²) in [6, 6.07) is 4.50. The van der Waals surface area contributed by atoms with Gasteiger partial charge in [0, 0.05) is 11.0 Å². The summed E-state index contributed by atoms with van der Waals surface area (Å²) in [6.07, 6.45) is -3.12. The number of rotatable bonds is 3. The highest BCUT2D eigenvalue weighted by atomic mass is 79.9. The molecule has 0 amide bonds. The van der Waals surface area contributed by atoms with Crippen LogP contribution in [0.3, 0.4) is 0 Å². The second-order valence-electron chi connectivity index (χ2n) is 5.14. The Bertz CT molecular complexity index is 453. The zero-order valence-corrected chi connectivity index (χ0v) is 12.5. The molecule has 1 saturated heterocycles. The molecule has 1 aromatic rings. The Morgan fingerprint density at radius 1 is 1.20 bits per heavy atom. The van der Waals surface area contributed by atoms with Crippen LogP contribution in [0.15, 0.2) is 22.7 Å². The van der Waals surface area contributed by atoms with Crippen molar-refractivity contribution in [2.45, 2.75) is 25.4 Å². The maximum atomic E-state index is 13.1. The number of hydrogen-bond acceptors (Lipinski definition) is 1. The van der Waals surface area contributed by atoms with E-state index >= 15 is 0 Å². The number of halogens is 5. The summed E-state index contributed by atoms with van der Waals surface area (Å²) in [5.41, 5.74) is 0.850. The highest BCUT2D eigenvalue weighted by Crippen LogP contribution is 2.34. The maximum absolute atomic E-state index is 13.1. The van der Waals surface area contributed by atoms with Gasteiger partial charge >= 0.3 is 6.18 Å². The lowest BCUT2D eigenvalue weighted by Gasteiger charge is -2.32. The van der Waals surface area contributed by atoms with Gasteiger partial charge in [0.05, 0.1) is 5.92 Å². The number of likely N-dealkylation sites (tertiary alicyclic amines) is 1. The SMILES string of the molecule is Fc1ccc(Br)c(CCN2CCC(C(F)(F)F)CC2)c1. The zero-order valence-electron chi connectivity index (χ0n) is 10.9. The van der Waals surface area contributed by atoms with Crippen LogP contribution in [0.1, 0.15) is 18.4 Å². The second-order valence-corrected chi connectivity index (χ2v) is 6.00. The number of alkyl halides is 3. The third-order valence-corrected chi connectivity index (χ3v) is 4.53. The van der Waals surface area contributed by atoms with Crippen molar-refractivity contribution in [3.8, 4) is 0 Å². The molecule has 2 rings (SSSR count). The fourth-order valence-corrected chi connectivity index (χ4v) is 2.94. The minimum absolute atomic E-state index is 0.161. The van der Waals surface area contributed by atoms with Gasteiger partial charge in [-0.05, 0) is 56.1 Å². The standard InChI is InChI=1S/C14H16BrF4N/c15-13-2-1-12(16)9-10(13)3-6-20-7-4-11(5-8-20)14(17,18)19/h1-2,9,11H,3-8H2. The van der Waals surface area contributed by atoms with Crippen molar-refractivity contribution >= 4 is 15.9 Å². The molecule has 1 nitrogen and oxygen atoms in total. The van der Waals surface area contributed by atoms with Gasteiger partial charge < -0.3 is 4.90 Å². The Morgan fingerprint density at radius 3 is 2.45 bits per heavy atom. The van der Waals surface area contributed by atoms with Crippen LogP contribution < -0.4 is 0 Å². The van der Waals surface area contributed by atoms with Crippen LogP contribution in [0.5, 0.6) is 0 Å². The molecule has 1 aliphatic heterocycles. The van der Waals surface area contributed by atoms with Gasteiger partial charge in [0.1, 0.15) is 5.82 Å². The van der Waals surface area contributed by atoms with Crippen LogP contribution in [0.25, 0.3) is 0 Å². The fraction of sp³-hybridized carbons (Fsp3) is 0.571. The van der Waals surface area contributed by atoms with E-state index in [4.69, 9.17) is 0 Å². The van der Waals surface area contributed by atoms with E-state index in [1.54, 1.807) is 6.07 Å². The molecular formula is C14H16BrF4N. The fourth-order valence-electron chi connectivity index (χ4n) is 2.50. The summed E-state index contributed by atoms with van der Waals surface area (Å²) in [5, 5.41) is 0. The number of nitrogens with zero attached hydrogens (tertiary/aromatic N) is 1. The number of hydrogen-bond donors (Lipinski definition) is 0. The van der Waals surface area contributed by atoms with Crippen molar-refractivity contribution in [3.05, 3.63) is 34.1 Å². The van der Waals surface area contributed by atoms with Gasteiger partial charge in [0.2, 0.25) is 0 Å². The first-order valence-electron chi connectivity index (χ1n) is 6.59. The topological polar surface area (TPSA) is 3.24 Å². The Morgan fingerprint density at radius 2 is 1.85 bits per heavy atom. The van der Waals surface area contributed by atoms with Crippen molar-refractivity contribution < 1.29 is 17.6 Å². The summed E-state index contributed by atoms with van der Waals surface area (Å²) in [5.74, 6) is -1.46. The predicted molar refractivity (Wildman–Crippen MR) is 73.0 cm³/mol. The minimum Gasteiger partial charge on any atom is -0.303 e. The molecule has 0 N–H and O–H groups in total. The van der Waals surface area contributed by atoms with Crippen molar-refractivity contribution in [1.82, 2.24) is 4.90 Å². The zero-order chi connectivity index (χ0) is 14.8. The smallest absolute Gasteiger partial charge is 0.303 e. The van der Waals surface area contributed by atoms with Gasteiger partial charge in [-0.15, -0.1) is 0 Å². The molecule has 0 atom stereocenters. The molecule has 112 valence electrons. The molecule has 0 aliphatic carbocycles. The molecule has 0 aromatic heterocycles. The van der Waals surface area contributed by atoms with Crippen molar-refractivity contribution in [2.75, 3.05) is 19.6 Å². The Kier molecular flexibility index (Phi) is 5.07. The first-order valence-corrected chi connectivity index (χ1v) is 7.38. The van der Waals surface area contributed by atoms with Crippen molar-refractivity contribution in [1.29, 1.82) is 0 Å². The molecule has 1 aromatic carbocycles. The van der Waals surface area contributed by atoms with E-state index in [-0.39, 0.29) is 18.7 Å². The first kappa shape index (κ1) is 15.8. The predicted octanol–water partition coefficient (Wildman–Crippen LogP) is 4.41. The number of benzene rings is 1. The summed E-state index contributed by atoms with van der Waals surface area (Å²) < 4.78 is 51.6. The lowest BCUT2D eigenvalue weighted by atomic mass is 9.96. The summed E-state index contributed by atoms with van der Waals surface area (Å²) in [6.45, 7) is 1.57. The highest BCUT2D eigenvalue weighted by Gasteiger charge is 2.40. The van der Waals surface area contributed by atoms with Crippen LogP contribution in [-0.2, 0) is 6.42 Å². The monoisotopic (exact) mass is 353 g/mol. The Labute approximate surface area is 124 Å². The largest absolute Gasteiger partial charge is 0.391 e. The van der Waals surface area contributed by atoms with Crippen LogP contribution >= 0.6 is 15.9 Å². The molecule has 6 heteroatoms. The third kappa shape index (κ3) is 4.19. The quantitative estimate of drug-likeness (QED) is 0.727. The van der Waals surface area contributed by atoms with Crippen LogP contribution in [0.2, 0.25) is 0 Å². The highest BCUT2D eigenvalue weighted by molar-refractivity contribution is 9.10. The molecule has 1 heterocycles. The maximum Gasteiger partial charge on any atom is 0.391 e. The van der Waals surface area contributed by atoms with E-state index in [0.717, 1.165) is 10.0 Å². The van der Waals surface area contributed by atoms with Gasteiger partial charge in [-0.2, -0.15) is 13.2 Å². The molecule has 1 fully saturated rings. The Hall–Kier alpha value is -0.620. The lowest BCUT2D eigenvalue weighted by molar-refractivity contribution is -0.185. The molecule has 0 radical (unpaired) electrons. The van der Waals surface area contributed by atoms with E-state index in [9.17, 15) is 17.6 Å². The summed E-state index contributed by atoms with van der Waals surface area (Å²) in [4.78, 5) is 2.01. The van der Waals surface area contributed by atoms with E-state index in [1.165, 1.54) is 12.1 Å². The van der Waals surface area contributed by atoms with Gasteiger partial charge in [0.25, 0.3) is 0 Å². The van der Waals surface area contributed by atoms with Crippen molar-refractivity contribution in [2.24, 2.45) is 5.92 Å². The van der Waals surface area contributed by atoms with Crippen LogP contribution in [-0.4, -0.2) is 30.7 Å². The molecule has 0 saturated carbocycles. The van der Waals surface area contributed by atoms with Gasteiger partial charge in [-0.25, -0.2) is 4.39 Å². The molecule has 0 spiro atoms. The van der Waals surface area contributed by atoms with Crippen LogP contribution in [0, 0.1) is 11.7 Å². The van der Waals surface area contributed by atoms with Gasteiger partial charge in [-0.1, -0.05) is 15.9 Å². The van der Waals surface area contributed by atoms with E-state index in [2.05, 4.69) is 15.9 Å². The van der Waals surface area contributed by atoms with Gasteiger partial charge in [0.15, 0.2) is 0 Å². The van der Waals surface area contributed by atoms with Crippen LogP contribution in [0.4, 0.5) is 17.6 Å². The van der Waals surface area contributed by atoms with E-state index in [0.29, 0.717) is 26.1 Å². The summed E-state index contributed by atoms with van der Waals surface area (Å²) in [7, 11) is 0. The van der Waals surface area contributed by atoms with E-state index < -0.39 is 12.1 Å². The van der Waals surface area contributed by atoms with Gasteiger partial charge in [-0.3, -0.25) is 0 Å². The molecule has 1 aliphatic rings. The third-order valence-electron chi connectivity index (χ3n) is 3.76. The molecular weight excluding hydrogens is 338 g/mol. The van der Waals surface area contributed by atoms with E-state index in [1.807, 2.05) is 4.90 Å². The second kappa shape index (κ2) is 6.43.